The van der Waals surface area contributed by atoms with Crippen molar-refractivity contribution in [2.75, 3.05) is 53.9 Å². The van der Waals surface area contributed by atoms with E-state index in [9.17, 15) is 49.3 Å². The third-order valence-electron chi connectivity index (χ3n) is 18.0. The molecule has 3 fully saturated rings. The van der Waals surface area contributed by atoms with Gasteiger partial charge in [-0.25, -0.2) is 28.1 Å². The first-order chi connectivity index (χ1) is 52.0. The molecule has 0 saturated carbocycles. The van der Waals surface area contributed by atoms with Gasteiger partial charge in [-0.2, -0.15) is 15.8 Å². The summed E-state index contributed by atoms with van der Waals surface area (Å²) in [6.45, 7) is 6.44. The number of phosphoric ester groups is 3. The van der Waals surface area contributed by atoms with E-state index in [1.807, 2.05) is 99.6 Å². The molecule has 3 aliphatic rings. The Morgan fingerprint density at radius 1 is 0.523 bits per heavy atom. The van der Waals surface area contributed by atoms with Gasteiger partial charge in [0.2, 0.25) is 0 Å². The largest absolute Gasteiger partial charge is 0.497 e. The van der Waals surface area contributed by atoms with Gasteiger partial charge >= 0.3 is 40.5 Å². The number of nitrogens with zero attached hydrogens (tertiary/aromatic N) is 6. The SMILES string of the molecule is COc1cc(OC)cc(C(OP(=O)(OCCC#N)O[C@H]2C[C@H](n3cc(C)c(=O)[nH]c3=O)O[C@@H]2COP(=O)(OCCC#N)O[C@H]2C[C@H](n3cc(C)c(=O)[nH]c3=O)O[C@@H]2COP(=O)(OCCC#N)O[C@H]2C[C@H](n3cc(C)c(=O)[nH]c3=O)O[C@@H]2CO[Si](c2ccccc2)(c2ccccc2)C(C)(C)C)C(=O)c2ccccc2)c1. The molecule has 3 aliphatic heterocycles. The molecule has 4 unspecified atom stereocenters. The molecule has 3 saturated heterocycles. The smallest absolute Gasteiger partial charge is 0.476 e. The molecule has 13 atom stereocenters. The number of benzene rings is 4. The number of nitrogens with one attached hydrogen (secondary N) is 3. The molecule has 10 rings (SSSR count). The van der Waals surface area contributed by atoms with E-state index in [1.54, 1.807) is 18.2 Å². The van der Waals surface area contributed by atoms with Crippen molar-refractivity contribution in [1.29, 1.82) is 15.8 Å². The van der Waals surface area contributed by atoms with Crippen LogP contribution < -0.4 is 53.6 Å². The zero-order chi connectivity index (χ0) is 78.4. The third kappa shape index (κ3) is 20.0. The lowest BCUT2D eigenvalue weighted by atomic mass is 9.99. The predicted molar refractivity (Wildman–Crippen MR) is 389 cm³/mol. The number of rotatable bonds is 36. The summed E-state index contributed by atoms with van der Waals surface area (Å²) < 4.78 is 143. The molecule has 7 aromatic rings. The topological polar surface area (TPSA) is 443 Å². The second-order valence-corrected chi connectivity index (χ2v) is 35.6. The minimum atomic E-state index is -5.28. The number of nitriles is 3. The highest BCUT2D eigenvalue weighted by Crippen LogP contribution is 2.60. The van der Waals surface area contributed by atoms with Crippen LogP contribution in [0.15, 0.2) is 157 Å². The molecule has 0 radical (unpaired) electrons. The number of phosphoric acid groups is 3. The second-order valence-electron chi connectivity index (χ2n) is 26.5. The lowest BCUT2D eigenvalue weighted by Gasteiger charge is -2.43. The Bertz CT molecular complexity index is 4970. The fourth-order valence-electron chi connectivity index (χ4n) is 12.6. The van der Waals surface area contributed by atoms with Crippen LogP contribution in [0.25, 0.3) is 0 Å². The fraction of sp³-hybridized carbons (Fsp3) is 0.437. The number of aromatic nitrogens is 6. The van der Waals surface area contributed by atoms with Gasteiger partial charge in [-0.3, -0.25) is 88.5 Å². The van der Waals surface area contributed by atoms with Crippen molar-refractivity contribution < 1.29 is 87.3 Å². The molecular weight excluding hydrogens is 1500 g/mol. The minimum Gasteiger partial charge on any atom is -0.497 e. The maximum atomic E-state index is 15.7. The van der Waals surface area contributed by atoms with Crippen molar-refractivity contribution in [2.24, 2.45) is 0 Å². The second kappa shape index (κ2) is 36.3. The highest BCUT2D eigenvalue weighted by Gasteiger charge is 2.54. The van der Waals surface area contributed by atoms with E-state index < -0.39 is 196 Å². The quantitative estimate of drug-likeness (QED) is 0.0145. The lowest BCUT2D eigenvalue weighted by molar-refractivity contribution is -0.0652. The highest BCUT2D eigenvalue weighted by atomic mass is 31.2. The molecule has 3 N–H and O–H groups in total. The summed E-state index contributed by atoms with van der Waals surface area (Å²) in [6, 6.07) is 36.9. The van der Waals surface area contributed by atoms with Gasteiger partial charge in [0.25, 0.3) is 25.0 Å². The molecule has 109 heavy (non-hydrogen) atoms. The van der Waals surface area contributed by atoms with Crippen molar-refractivity contribution in [3.05, 3.63) is 218 Å². The van der Waals surface area contributed by atoms with Crippen LogP contribution in [-0.4, -0.2) is 133 Å². The number of hydrogen-bond donors (Lipinski definition) is 3. The van der Waals surface area contributed by atoms with Gasteiger partial charge in [0.15, 0.2) is 11.9 Å². The lowest BCUT2D eigenvalue weighted by Crippen LogP contribution is -2.67. The first kappa shape index (κ1) is 82.5. The standard InChI is InChI=1S/C71H82N9O25P3Si/c1-45-39-78(68(85)75-65(45)82)60-36-54(57(99-60)42-96-107(89,94-31-19-28-73)103-56-38-62(80-41-47(3)67(84)77-70(80)87)101-59(56)44-98-109(71(4,5)6,52-23-14-10-15-24-52)53-25-16-11-17-26-53)102-106(88,93-30-18-27-72)97-43-58-55(37-61(100-58)79-40-46(2)66(83)76-69(79)86)104-108(90,95-32-20-29-74)105-64(63(81)48-21-12-9-13-22-48)49-33-50(91-7)35-51(34-49)92-8/h9-17,21-26,33-35,39-41,54-62,64H,18-20,30-32,36-38,42-44H2,1-8H3,(H,75,82,85)(H,76,83,86)(H,77,84,87)/t54-,55-,56-,57+,58+,59+,60+,61+,62+,64?,106?,107?,108?/m0/s1. The molecule has 38 heteroatoms. The van der Waals surface area contributed by atoms with Crippen molar-refractivity contribution in [3.8, 4) is 29.7 Å². The van der Waals surface area contributed by atoms with Crippen LogP contribution >= 0.6 is 23.5 Å². The van der Waals surface area contributed by atoms with E-state index in [4.69, 9.17) is 68.8 Å². The maximum absolute atomic E-state index is 15.7. The normalized spacial score (nSPS) is 21.9. The number of carbonyl (C=O) groups excluding carboxylic acids is 1. The molecule has 34 nitrogen and oxygen atoms in total. The number of Topliss-reactive ketones (excluding diaryl/α,β-unsaturated/α-hetero) is 1. The Morgan fingerprint density at radius 2 is 0.872 bits per heavy atom. The van der Waals surface area contributed by atoms with Crippen LogP contribution in [0.4, 0.5) is 0 Å². The van der Waals surface area contributed by atoms with E-state index >= 15 is 13.7 Å². The number of H-pyrrole nitrogens is 3. The van der Waals surface area contributed by atoms with E-state index in [0.29, 0.717) is 0 Å². The number of aryl methyl sites for hydroxylation is 3. The van der Waals surface area contributed by atoms with Crippen LogP contribution in [0.5, 0.6) is 11.5 Å². The molecule has 4 aromatic carbocycles. The zero-order valence-corrected chi connectivity index (χ0v) is 64.3. The van der Waals surface area contributed by atoms with Crippen LogP contribution in [0.2, 0.25) is 5.04 Å². The van der Waals surface area contributed by atoms with Crippen molar-refractivity contribution in [2.45, 2.75) is 147 Å². The number of ether oxygens (including phenoxy) is 5. The Labute approximate surface area is 625 Å². The van der Waals surface area contributed by atoms with Crippen LogP contribution in [0, 0.1) is 54.8 Å². The van der Waals surface area contributed by atoms with Gasteiger partial charge in [0, 0.05) is 66.2 Å². The van der Waals surface area contributed by atoms with E-state index in [2.05, 4.69) is 15.0 Å². The Hall–Kier alpha value is -8.95. The van der Waals surface area contributed by atoms with Crippen LogP contribution in [0.3, 0.4) is 0 Å². The number of methoxy groups -OCH3 is 2. The van der Waals surface area contributed by atoms with Crippen molar-refractivity contribution in [1.82, 2.24) is 28.7 Å². The molecule has 6 heterocycles. The van der Waals surface area contributed by atoms with E-state index in [-0.39, 0.29) is 58.8 Å². The maximum Gasteiger partial charge on any atom is 0.476 e. The first-order valence-corrected chi connectivity index (χ1v) is 40.7. The van der Waals surface area contributed by atoms with Gasteiger partial charge in [0.05, 0.1) is 91.3 Å². The Morgan fingerprint density at radius 3 is 1.23 bits per heavy atom. The molecule has 0 spiro atoms. The minimum absolute atomic E-state index is 0.0296. The van der Waals surface area contributed by atoms with Crippen LogP contribution in [-0.2, 0) is 73.0 Å². The summed E-state index contributed by atoms with van der Waals surface area (Å²) in [6.07, 6.45) is -13.9. The van der Waals surface area contributed by atoms with Gasteiger partial charge in [-0.1, -0.05) is 112 Å². The summed E-state index contributed by atoms with van der Waals surface area (Å²) in [4.78, 5) is 100. The van der Waals surface area contributed by atoms with E-state index in [0.717, 1.165) is 24.1 Å². The first-order valence-electron chi connectivity index (χ1n) is 34.4. The molecule has 0 bridgehead atoms. The Kier molecular flexibility index (Phi) is 27.5. The summed E-state index contributed by atoms with van der Waals surface area (Å²) in [5, 5.41) is 30.4. The van der Waals surface area contributed by atoms with Gasteiger partial charge < -0.3 is 28.1 Å². The number of ketones is 1. The van der Waals surface area contributed by atoms with Gasteiger partial charge in [-0.15, -0.1) is 0 Å². The summed E-state index contributed by atoms with van der Waals surface area (Å²) in [7, 11) is -16.4. The van der Waals surface area contributed by atoms with Crippen LogP contribution in [0.1, 0.15) is 117 Å². The monoisotopic (exact) mass is 1580 g/mol. The van der Waals surface area contributed by atoms with Gasteiger partial charge in [0.1, 0.15) is 66.8 Å². The number of aromatic amines is 3. The van der Waals surface area contributed by atoms with Crippen molar-refractivity contribution >= 4 is 47.9 Å². The summed E-state index contributed by atoms with van der Waals surface area (Å²) in [5.41, 5.74) is -4.62. The number of hydrogen-bond acceptors (Lipinski definition) is 28. The molecule has 3 aromatic heterocycles. The fourth-order valence-corrected chi connectivity index (χ4v) is 21.5. The Balaban J connectivity index is 0.992. The molecule has 0 amide bonds. The predicted octanol–water partition coefficient (Wildman–Crippen LogP) is 7.96. The zero-order valence-electron chi connectivity index (χ0n) is 60.6. The third-order valence-corrected chi connectivity index (χ3v) is 27.5. The highest BCUT2D eigenvalue weighted by molar-refractivity contribution is 7.49. The molecule has 580 valence electrons. The molecular formula is C71H82N9O25P3Si. The summed E-state index contributed by atoms with van der Waals surface area (Å²) >= 11 is 0. The average molecular weight is 1580 g/mol. The molecule has 0 aliphatic carbocycles. The van der Waals surface area contributed by atoms with Crippen molar-refractivity contribution in [3.63, 3.8) is 0 Å². The van der Waals surface area contributed by atoms with E-state index in [1.165, 1.54) is 83.9 Å². The average Bonchev–Trinajstić information content (AvgIpc) is 1.35. The summed E-state index contributed by atoms with van der Waals surface area (Å²) in [5.74, 6) is -0.407. The number of carbonyl (C=O) groups is 1. The van der Waals surface area contributed by atoms with Gasteiger partial charge in [-0.05, 0) is 53.9 Å².